The highest BCUT2D eigenvalue weighted by molar-refractivity contribution is 6.18. The minimum atomic E-state index is -0.617. The van der Waals surface area contributed by atoms with Gasteiger partial charge >= 0.3 is 0 Å². The van der Waals surface area contributed by atoms with Crippen LogP contribution >= 0.6 is 11.6 Å². The van der Waals surface area contributed by atoms with E-state index in [1.54, 1.807) is 18.3 Å². The average molecular weight is 216 g/mol. The van der Waals surface area contributed by atoms with Crippen LogP contribution in [-0.4, -0.2) is 29.8 Å². The summed E-state index contributed by atoms with van der Waals surface area (Å²) in [6.45, 7) is 0.265. The van der Waals surface area contributed by atoms with E-state index >= 15 is 0 Å². The molecule has 0 saturated carbocycles. The molecule has 1 aromatic rings. The highest BCUT2D eigenvalue weighted by Crippen LogP contribution is 2.00. The molecule has 1 N–H and O–H groups in total. The molecule has 4 heteroatoms. The van der Waals surface area contributed by atoms with Crippen molar-refractivity contribution in [1.29, 1.82) is 0 Å². The lowest BCUT2D eigenvalue weighted by Crippen LogP contribution is -2.12. The van der Waals surface area contributed by atoms with E-state index in [-0.39, 0.29) is 18.2 Å². The van der Waals surface area contributed by atoms with Crippen LogP contribution in [0.1, 0.15) is 5.56 Å². The van der Waals surface area contributed by atoms with Gasteiger partial charge in [0.2, 0.25) is 0 Å². The summed E-state index contributed by atoms with van der Waals surface area (Å²) in [6, 6.07) is 5.95. The van der Waals surface area contributed by atoms with Crippen LogP contribution < -0.4 is 0 Å². The fourth-order valence-electron chi connectivity index (χ4n) is 0.877. The van der Waals surface area contributed by atoms with Gasteiger partial charge in [-0.05, 0) is 17.7 Å². The maximum atomic E-state index is 12.5. The largest absolute Gasteiger partial charge is 0.390 e. The van der Waals surface area contributed by atoms with E-state index in [2.05, 4.69) is 4.99 Å². The van der Waals surface area contributed by atoms with Gasteiger partial charge in [-0.3, -0.25) is 4.99 Å². The highest BCUT2D eigenvalue weighted by atomic mass is 35.5. The summed E-state index contributed by atoms with van der Waals surface area (Å²) in [5.41, 5.74) is 0.799. The molecule has 1 aromatic carbocycles. The number of rotatable bonds is 4. The second-order valence-corrected chi connectivity index (χ2v) is 3.16. The van der Waals surface area contributed by atoms with Crippen LogP contribution in [0, 0.1) is 5.82 Å². The SMILES string of the molecule is O[C@H](CCl)C/N=C/c1ccc(F)cc1. The first-order valence-corrected chi connectivity index (χ1v) is 4.75. The van der Waals surface area contributed by atoms with E-state index in [0.717, 1.165) is 5.56 Å². The van der Waals surface area contributed by atoms with Crippen LogP contribution in [0.5, 0.6) is 0 Å². The minimum absolute atomic E-state index is 0.167. The molecule has 1 rings (SSSR count). The van der Waals surface area contributed by atoms with Crippen LogP contribution in [0.15, 0.2) is 29.3 Å². The van der Waals surface area contributed by atoms with Crippen molar-refractivity contribution in [2.45, 2.75) is 6.10 Å². The zero-order valence-corrected chi connectivity index (χ0v) is 8.28. The van der Waals surface area contributed by atoms with Crippen molar-refractivity contribution in [3.05, 3.63) is 35.6 Å². The van der Waals surface area contributed by atoms with Gasteiger partial charge in [0.1, 0.15) is 5.82 Å². The first-order valence-electron chi connectivity index (χ1n) is 4.22. The first-order chi connectivity index (χ1) is 6.72. The van der Waals surface area contributed by atoms with E-state index in [1.165, 1.54) is 12.1 Å². The fraction of sp³-hybridized carbons (Fsp3) is 0.300. The van der Waals surface area contributed by atoms with E-state index in [9.17, 15) is 4.39 Å². The lowest BCUT2D eigenvalue weighted by molar-refractivity contribution is 0.207. The van der Waals surface area contributed by atoms with Crippen molar-refractivity contribution in [2.24, 2.45) is 4.99 Å². The zero-order chi connectivity index (χ0) is 10.4. The second-order valence-electron chi connectivity index (χ2n) is 2.85. The number of nitrogens with zero attached hydrogens (tertiary/aromatic N) is 1. The second kappa shape index (κ2) is 5.73. The van der Waals surface area contributed by atoms with Gasteiger partial charge in [0.05, 0.1) is 18.5 Å². The Kier molecular flexibility index (Phi) is 4.56. The molecule has 0 aromatic heterocycles. The smallest absolute Gasteiger partial charge is 0.123 e. The molecule has 0 amide bonds. The summed E-state index contributed by atoms with van der Waals surface area (Å²) in [6.07, 6.45) is 0.961. The molecule has 14 heavy (non-hydrogen) atoms. The van der Waals surface area contributed by atoms with E-state index < -0.39 is 6.10 Å². The first kappa shape index (κ1) is 11.1. The van der Waals surface area contributed by atoms with Gasteiger partial charge in [0, 0.05) is 6.21 Å². The number of aliphatic imine (C=N–C) groups is 1. The molecule has 0 fully saturated rings. The van der Waals surface area contributed by atoms with Crippen molar-refractivity contribution in [2.75, 3.05) is 12.4 Å². The molecule has 1 atom stereocenters. The molecular formula is C10H11ClFNO. The third-order valence-corrected chi connectivity index (χ3v) is 1.96. The molecule has 2 nitrogen and oxygen atoms in total. The molecule has 0 unspecified atom stereocenters. The molecule has 0 spiro atoms. The van der Waals surface area contributed by atoms with Crippen LogP contribution in [0.4, 0.5) is 4.39 Å². The Morgan fingerprint density at radius 1 is 1.43 bits per heavy atom. The molecule has 0 aliphatic carbocycles. The number of aliphatic hydroxyl groups is 1. The van der Waals surface area contributed by atoms with Crippen LogP contribution in [0.2, 0.25) is 0 Å². The van der Waals surface area contributed by atoms with Gasteiger partial charge < -0.3 is 5.11 Å². The quantitative estimate of drug-likeness (QED) is 0.604. The Morgan fingerprint density at radius 3 is 2.64 bits per heavy atom. The Morgan fingerprint density at radius 2 is 2.07 bits per heavy atom. The molecule has 0 aliphatic rings. The van der Waals surface area contributed by atoms with Crippen molar-refractivity contribution < 1.29 is 9.50 Å². The Hall–Kier alpha value is -0.930. The molecule has 76 valence electrons. The monoisotopic (exact) mass is 215 g/mol. The van der Waals surface area contributed by atoms with Crippen molar-refractivity contribution >= 4 is 17.8 Å². The van der Waals surface area contributed by atoms with Gasteiger partial charge in [-0.25, -0.2) is 4.39 Å². The Bertz CT molecular complexity index is 299. The topological polar surface area (TPSA) is 32.6 Å². The van der Waals surface area contributed by atoms with Gasteiger partial charge in [0.25, 0.3) is 0 Å². The predicted octanol–water partition coefficient (Wildman–Crippen LogP) is 1.84. The van der Waals surface area contributed by atoms with E-state index in [0.29, 0.717) is 0 Å². The molecule has 0 heterocycles. The average Bonchev–Trinajstić information content (AvgIpc) is 2.21. The van der Waals surface area contributed by atoms with Crippen molar-refractivity contribution in [1.82, 2.24) is 0 Å². The highest BCUT2D eigenvalue weighted by Gasteiger charge is 1.97. The third kappa shape index (κ3) is 3.85. The summed E-state index contributed by atoms with van der Waals surface area (Å²) < 4.78 is 12.5. The lowest BCUT2D eigenvalue weighted by Gasteiger charge is -2.00. The van der Waals surface area contributed by atoms with Crippen LogP contribution in [-0.2, 0) is 0 Å². The molecule has 0 aliphatic heterocycles. The molecule has 0 bridgehead atoms. The van der Waals surface area contributed by atoms with Crippen molar-refractivity contribution in [3.63, 3.8) is 0 Å². The van der Waals surface area contributed by atoms with Gasteiger partial charge in [-0.15, -0.1) is 11.6 Å². The lowest BCUT2D eigenvalue weighted by atomic mass is 10.2. The van der Waals surface area contributed by atoms with Crippen molar-refractivity contribution in [3.8, 4) is 0 Å². The van der Waals surface area contributed by atoms with Gasteiger partial charge in [0.15, 0.2) is 0 Å². The third-order valence-electron chi connectivity index (χ3n) is 1.60. The number of halogens is 2. The summed E-state index contributed by atoms with van der Waals surface area (Å²) in [5.74, 6) is -0.108. The van der Waals surface area contributed by atoms with Gasteiger partial charge in [-0.1, -0.05) is 12.1 Å². The summed E-state index contributed by atoms with van der Waals surface area (Å²) >= 11 is 5.38. The normalized spacial score (nSPS) is 13.4. The molecule has 0 radical (unpaired) electrons. The Labute approximate surface area is 87.0 Å². The maximum Gasteiger partial charge on any atom is 0.123 e. The number of aliphatic hydroxyl groups excluding tert-OH is 1. The number of benzene rings is 1. The van der Waals surface area contributed by atoms with Crippen LogP contribution in [0.25, 0.3) is 0 Å². The zero-order valence-electron chi connectivity index (χ0n) is 7.53. The van der Waals surface area contributed by atoms with Gasteiger partial charge in [-0.2, -0.15) is 0 Å². The summed E-state index contributed by atoms with van der Waals surface area (Å²) in [5, 5.41) is 9.07. The summed E-state index contributed by atoms with van der Waals surface area (Å²) in [7, 11) is 0. The van der Waals surface area contributed by atoms with E-state index in [1.807, 2.05) is 0 Å². The minimum Gasteiger partial charge on any atom is -0.390 e. The Balaban J connectivity index is 2.48. The summed E-state index contributed by atoms with van der Waals surface area (Å²) in [4.78, 5) is 3.96. The standard InChI is InChI=1S/C10H11ClFNO/c11-5-10(14)7-13-6-8-1-3-9(12)4-2-8/h1-4,6,10,14H,5,7H2/b13-6+/t10-/m1/s1. The number of hydrogen-bond donors (Lipinski definition) is 1. The number of hydrogen-bond acceptors (Lipinski definition) is 2. The fourth-order valence-corrected chi connectivity index (χ4v) is 0.975. The van der Waals surface area contributed by atoms with Crippen LogP contribution in [0.3, 0.4) is 0 Å². The molecular weight excluding hydrogens is 205 g/mol. The van der Waals surface area contributed by atoms with E-state index in [4.69, 9.17) is 16.7 Å². The molecule has 0 saturated heterocycles. The maximum absolute atomic E-state index is 12.5. The number of alkyl halides is 1. The predicted molar refractivity (Wildman–Crippen MR) is 55.6 cm³/mol.